The van der Waals surface area contributed by atoms with Gasteiger partial charge in [-0.1, -0.05) is 47.1 Å². The first-order valence-corrected chi connectivity index (χ1v) is 11.7. The molecule has 3 aromatic carbocycles. The Kier molecular flexibility index (Phi) is 5.54. The summed E-state index contributed by atoms with van der Waals surface area (Å²) in [5.74, 6) is 0.502. The SMILES string of the molecule is CCOc1ccc(C2c3c(oc4ccc(Br)cc4c3=O)C(=O)N2c2ccc(CC)cc2)cc1. The number of aryl methyl sites for hydroxylation is 1. The molecule has 0 saturated heterocycles. The molecule has 5 nitrogen and oxygen atoms in total. The highest BCUT2D eigenvalue weighted by atomic mass is 79.9. The van der Waals surface area contributed by atoms with Crippen molar-refractivity contribution in [2.75, 3.05) is 11.5 Å². The summed E-state index contributed by atoms with van der Waals surface area (Å²) in [7, 11) is 0. The molecule has 0 radical (unpaired) electrons. The van der Waals surface area contributed by atoms with Gasteiger partial charge in [-0.3, -0.25) is 14.5 Å². The number of benzene rings is 3. The van der Waals surface area contributed by atoms with Gasteiger partial charge in [0, 0.05) is 10.2 Å². The lowest BCUT2D eigenvalue weighted by Gasteiger charge is -2.25. The number of hydrogen-bond donors (Lipinski definition) is 0. The lowest BCUT2D eigenvalue weighted by molar-refractivity contribution is 0.0971. The van der Waals surface area contributed by atoms with Crippen molar-refractivity contribution in [2.45, 2.75) is 26.3 Å². The summed E-state index contributed by atoms with van der Waals surface area (Å²) in [4.78, 5) is 28.9. The predicted molar refractivity (Wildman–Crippen MR) is 132 cm³/mol. The normalized spacial score (nSPS) is 15.2. The van der Waals surface area contributed by atoms with Crippen molar-refractivity contribution in [3.8, 4) is 5.75 Å². The van der Waals surface area contributed by atoms with E-state index in [1.165, 1.54) is 5.56 Å². The molecule has 1 aliphatic rings. The summed E-state index contributed by atoms with van der Waals surface area (Å²) in [6.45, 7) is 4.57. The summed E-state index contributed by atoms with van der Waals surface area (Å²) in [6, 6.07) is 20.0. The van der Waals surface area contributed by atoms with Gasteiger partial charge in [-0.05, 0) is 66.9 Å². The molecule has 1 atom stereocenters. The van der Waals surface area contributed by atoms with Crippen LogP contribution in [0.1, 0.15) is 47.1 Å². The van der Waals surface area contributed by atoms with Crippen molar-refractivity contribution in [3.05, 3.63) is 104 Å². The zero-order valence-corrected chi connectivity index (χ0v) is 19.9. The highest BCUT2D eigenvalue weighted by molar-refractivity contribution is 9.10. The second-order valence-corrected chi connectivity index (χ2v) is 8.83. The van der Waals surface area contributed by atoms with Crippen molar-refractivity contribution in [2.24, 2.45) is 0 Å². The van der Waals surface area contributed by atoms with Gasteiger partial charge in [0.25, 0.3) is 5.91 Å². The van der Waals surface area contributed by atoms with E-state index < -0.39 is 6.04 Å². The van der Waals surface area contributed by atoms with Crippen LogP contribution >= 0.6 is 15.9 Å². The molecule has 6 heteroatoms. The number of carbonyl (C=O) groups excluding carboxylic acids is 1. The maximum atomic E-state index is 13.7. The summed E-state index contributed by atoms with van der Waals surface area (Å²) in [5, 5.41) is 0.440. The zero-order valence-electron chi connectivity index (χ0n) is 18.3. The number of halogens is 1. The lowest BCUT2D eigenvalue weighted by atomic mass is 9.98. The van der Waals surface area contributed by atoms with Crippen LogP contribution in [0.4, 0.5) is 5.69 Å². The van der Waals surface area contributed by atoms with Crippen LogP contribution in [0.15, 0.2) is 80.4 Å². The molecule has 0 N–H and O–H groups in total. The molecule has 1 aromatic heterocycles. The highest BCUT2D eigenvalue weighted by Gasteiger charge is 2.43. The van der Waals surface area contributed by atoms with Crippen LogP contribution < -0.4 is 15.1 Å². The van der Waals surface area contributed by atoms with E-state index in [-0.39, 0.29) is 17.1 Å². The van der Waals surface area contributed by atoms with Crippen LogP contribution in [0.25, 0.3) is 11.0 Å². The van der Waals surface area contributed by atoms with Gasteiger partial charge in [-0.15, -0.1) is 0 Å². The van der Waals surface area contributed by atoms with E-state index in [2.05, 4.69) is 22.9 Å². The summed E-state index contributed by atoms with van der Waals surface area (Å²) < 4.78 is 12.4. The first kappa shape index (κ1) is 21.5. The zero-order chi connectivity index (χ0) is 23.1. The Balaban J connectivity index is 1.74. The van der Waals surface area contributed by atoms with Crippen molar-refractivity contribution in [1.29, 1.82) is 0 Å². The quantitative estimate of drug-likeness (QED) is 0.322. The van der Waals surface area contributed by atoms with Gasteiger partial charge in [0.1, 0.15) is 11.3 Å². The first-order chi connectivity index (χ1) is 16.0. The summed E-state index contributed by atoms with van der Waals surface area (Å²) >= 11 is 3.43. The van der Waals surface area contributed by atoms with Gasteiger partial charge in [0.2, 0.25) is 5.76 Å². The number of carbonyl (C=O) groups is 1. The van der Waals surface area contributed by atoms with Crippen molar-refractivity contribution < 1.29 is 13.9 Å². The predicted octanol–water partition coefficient (Wildman–Crippen LogP) is 6.27. The molecule has 4 aromatic rings. The van der Waals surface area contributed by atoms with Crippen LogP contribution in [-0.2, 0) is 6.42 Å². The van der Waals surface area contributed by atoms with Gasteiger partial charge in [-0.25, -0.2) is 0 Å². The van der Waals surface area contributed by atoms with Gasteiger partial charge < -0.3 is 9.15 Å². The molecule has 1 amide bonds. The molecule has 0 aliphatic carbocycles. The number of hydrogen-bond acceptors (Lipinski definition) is 4. The molecule has 1 aliphatic heterocycles. The molecule has 2 heterocycles. The van der Waals surface area contributed by atoms with Crippen LogP contribution in [0, 0.1) is 0 Å². The fraction of sp³-hybridized carbons (Fsp3) is 0.185. The molecule has 0 saturated carbocycles. The molecule has 5 rings (SSSR count). The fourth-order valence-corrected chi connectivity index (χ4v) is 4.69. The standard InChI is InChI=1S/C27H22BrNO4/c1-3-16-5-10-19(11-6-16)29-24(17-7-12-20(13-8-17)32-4-2)23-25(30)21-15-18(28)9-14-22(21)33-26(23)27(29)31/h5-15,24H,3-4H2,1-2H3. The van der Waals surface area contributed by atoms with Gasteiger partial charge in [0.15, 0.2) is 5.43 Å². The summed E-state index contributed by atoms with van der Waals surface area (Å²) in [6.07, 6.45) is 0.900. The highest BCUT2D eigenvalue weighted by Crippen LogP contribution is 2.41. The van der Waals surface area contributed by atoms with Crippen LogP contribution in [0.5, 0.6) is 5.75 Å². The van der Waals surface area contributed by atoms with Crippen LogP contribution in [0.2, 0.25) is 0 Å². The minimum absolute atomic E-state index is 0.0910. The van der Waals surface area contributed by atoms with Crippen molar-refractivity contribution >= 4 is 38.5 Å². The Morgan fingerprint density at radius 1 is 0.970 bits per heavy atom. The van der Waals surface area contributed by atoms with E-state index in [0.29, 0.717) is 28.8 Å². The number of ether oxygens (including phenoxy) is 1. The maximum Gasteiger partial charge on any atom is 0.295 e. The van der Waals surface area contributed by atoms with Crippen LogP contribution in [-0.4, -0.2) is 12.5 Å². The molecule has 166 valence electrons. The smallest absolute Gasteiger partial charge is 0.295 e. The van der Waals surface area contributed by atoms with E-state index in [1.54, 1.807) is 23.1 Å². The van der Waals surface area contributed by atoms with E-state index >= 15 is 0 Å². The number of fused-ring (bicyclic) bond motifs is 2. The maximum absolute atomic E-state index is 13.7. The Morgan fingerprint density at radius 3 is 2.36 bits per heavy atom. The van der Waals surface area contributed by atoms with Gasteiger partial charge >= 0.3 is 0 Å². The largest absolute Gasteiger partial charge is 0.494 e. The average molecular weight is 504 g/mol. The molecule has 1 unspecified atom stereocenters. The third-order valence-electron chi connectivity index (χ3n) is 5.96. The van der Waals surface area contributed by atoms with E-state index in [0.717, 1.165) is 22.2 Å². The molecule has 33 heavy (non-hydrogen) atoms. The second-order valence-electron chi connectivity index (χ2n) is 7.91. The second kappa shape index (κ2) is 8.52. The van der Waals surface area contributed by atoms with Gasteiger partial charge in [0.05, 0.1) is 23.6 Å². The van der Waals surface area contributed by atoms with E-state index in [4.69, 9.17) is 9.15 Å². The van der Waals surface area contributed by atoms with Crippen LogP contribution in [0.3, 0.4) is 0 Å². The first-order valence-electron chi connectivity index (χ1n) is 10.9. The number of rotatable bonds is 5. The topological polar surface area (TPSA) is 59.8 Å². The Bertz CT molecular complexity index is 1410. The van der Waals surface area contributed by atoms with Gasteiger partial charge in [-0.2, -0.15) is 0 Å². The fourth-order valence-electron chi connectivity index (χ4n) is 4.33. The number of anilines is 1. The number of amides is 1. The Hall–Kier alpha value is -3.38. The average Bonchev–Trinajstić information content (AvgIpc) is 3.13. The molecular weight excluding hydrogens is 482 g/mol. The Morgan fingerprint density at radius 2 is 1.70 bits per heavy atom. The number of nitrogens with zero attached hydrogens (tertiary/aromatic N) is 1. The lowest BCUT2D eigenvalue weighted by Crippen LogP contribution is -2.29. The van der Waals surface area contributed by atoms with Crippen molar-refractivity contribution in [3.63, 3.8) is 0 Å². The summed E-state index contributed by atoms with van der Waals surface area (Å²) in [5.41, 5.74) is 3.25. The van der Waals surface area contributed by atoms with E-state index in [1.807, 2.05) is 55.5 Å². The molecule has 0 bridgehead atoms. The van der Waals surface area contributed by atoms with Crippen molar-refractivity contribution in [1.82, 2.24) is 0 Å². The minimum atomic E-state index is -0.602. The third kappa shape index (κ3) is 3.64. The molecule has 0 spiro atoms. The third-order valence-corrected chi connectivity index (χ3v) is 6.46. The molecule has 0 fully saturated rings. The minimum Gasteiger partial charge on any atom is -0.494 e. The molecular formula is C27H22BrNO4. The monoisotopic (exact) mass is 503 g/mol. The Labute approximate surface area is 199 Å². The van der Waals surface area contributed by atoms with E-state index in [9.17, 15) is 9.59 Å².